The first kappa shape index (κ1) is 20.8. The number of ether oxygens (including phenoxy) is 1. The fourth-order valence-electron chi connectivity index (χ4n) is 3.48. The number of hydrogen-bond acceptors (Lipinski definition) is 6. The van der Waals surface area contributed by atoms with Gasteiger partial charge in [-0.1, -0.05) is 31.5 Å². The fourth-order valence-corrected chi connectivity index (χ4v) is 3.75. The van der Waals surface area contributed by atoms with E-state index in [0.29, 0.717) is 18.0 Å². The summed E-state index contributed by atoms with van der Waals surface area (Å²) in [7, 11) is 1.56. The molecule has 0 aliphatic carbocycles. The van der Waals surface area contributed by atoms with Gasteiger partial charge in [-0.3, -0.25) is 19.1 Å². The molecule has 2 N–H and O–H groups in total. The average molecular weight is 417 g/mol. The van der Waals surface area contributed by atoms with E-state index in [4.69, 9.17) is 17.0 Å². The van der Waals surface area contributed by atoms with Crippen LogP contribution in [-0.2, 0) is 11.3 Å². The Labute approximate surface area is 173 Å². The molecule has 1 aromatic heterocycles. The Hall–Kier alpha value is -2.94. The van der Waals surface area contributed by atoms with E-state index in [2.05, 4.69) is 10.1 Å². The van der Waals surface area contributed by atoms with Crippen LogP contribution < -0.4 is 10.3 Å². The van der Waals surface area contributed by atoms with Crippen LogP contribution in [0.2, 0.25) is 0 Å². The number of H-pyrrole nitrogens is 1. The predicted molar refractivity (Wildman–Crippen MR) is 112 cm³/mol. The zero-order valence-corrected chi connectivity index (χ0v) is 17.5. The number of amides is 1. The summed E-state index contributed by atoms with van der Waals surface area (Å²) >= 11 is 5.20. The first-order chi connectivity index (χ1) is 13.9. The molecule has 0 spiro atoms. The number of aromatic nitrogens is 2. The molecule has 29 heavy (non-hydrogen) atoms. The topological polar surface area (TPSA) is 99.9 Å². The van der Waals surface area contributed by atoms with E-state index in [1.807, 2.05) is 25.1 Å². The average Bonchev–Trinajstić information content (AvgIpc) is 3.12. The number of hydrazone groups is 1. The van der Waals surface area contributed by atoms with Gasteiger partial charge in [0, 0.05) is 25.5 Å². The summed E-state index contributed by atoms with van der Waals surface area (Å²) < 4.78 is 7.08. The molecule has 0 fully saturated rings. The number of rotatable bonds is 6. The van der Waals surface area contributed by atoms with Gasteiger partial charge >= 0.3 is 0 Å². The van der Waals surface area contributed by atoms with Crippen LogP contribution >= 0.6 is 12.2 Å². The zero-order valence-electron chi connectivity index (χ0n) is 16.6. The first-order valence-electron chi connectivity index (χ1n) is 9.45. The predicted octanol–water partition coefficient (Wildman–Crippen LogP) is 3.12. The number of hydrogen-bond donors (Lipinski definition) is 2. The second-order valence-corrected chi connectivity index (χ2v) is 7.22. The Morgan fingerprint density at radius 1 is 1.41 bits per heavy atom. The van der Waals surface area contributed by atoms with Gasteiger partial charge in [0.1, 0.15) is 11.3 Å². The van der Waals surface area contributed by atoms with Gasteiger partial charge in [0.25, 0.3) is 5.56 Å². The number of methoxy groups -OCH3 is 1. The number of unbranched alkanes of at least 4 members (excludes halogenated alkanes) is 1. The minimum absolute atomic E-state index is 0.0401. The molecule has 0 radical (unpaired) electrons. The van der Waals surface area contributed by atoms with Crippen molar-refractivity contribution in [3.8, 4) is 11.6 Å². The number of aromatic amines is 1. The maximum atomic E-state index is 12.6. The molecule has 1 amide bonds. The number of carbonyl (C=O) groups is 1. The lowest BCUT2D eigenvalue weighted by Gasteiger charge is -2.22. The van der Waals surface area contributed by atoms with E-state index in [1.165, 1.54) is 16.5 Å². The minimum Gasteiger partial charge on any atom is -0.496 e. The van der Waals surface area contributed by atoms with E-state index in [0.717, 1.165) is 18.4 Å². The van der Waals surface area contributed by atoms with Crippen molar-refractivity contribution in [2.24, 2.45) is 5.10 Å². The summed E-state index contributed by atoms with van der Waals surface area (Å²) in [5, 5.41) is 16.5. The van der Waals surface area contributed by atoms with Crippen molar-refractivity contribution in [2.45, 2.75) is 45.7 Å². The Morgan fingerprint density at radius 2 is 2.14 bits per heavy atom. The Bertz CT molecular complexity index is 1070. The highest BCUT2D eigenvalue weighted by Gasteiger charge is 2.35. The number of nitrogens with one attached hydrogen (secondary N) is 1. The molecule has 8 nitrogen and oxygen atoms in total. The lowest BCUT2D eigenvalue weighted by molar-refractivity contribution is -0.130. The number of benzene rings is 1. The summed E-state index contributed by atoms with van der Waals surface area (Å²) in [6.45, 7) is 3.91. The highest BCUT2D eigenvalue weighted by molar-refractivity contribution is 7.71. The monoisotopic (exact) mass is 416 g/mol. The molecule has 2 aromatic rings. The number of nitrogens with zero attached hydrogens (tertiary/aromatic N) is 3. The van der Waals surface area contributed by atoms with Crippen molar-refractivity contribution in [3.05, 3.63) is 50.5 Å². The maximum absolute atomic E-state index is 12.6. The van der Waals surface area contributed by atoms with Gasteiger partial charge in [-0.2, -0.15) is 5.10 Å². The molecule has 1 aromatic carbocycles. The first-order valence-corrected chi connectivity index (χ1v) is 9.86. The second kappa shape index (κ2) is 8.60. The molecular formula is C20H24N4O4S. The molecular weight excluding hydrogens is 392 g/mol. The van der Waals surface area contributed by atoms with E-state index in [1.54, 1.807) is 13.2 Å². The highest BCUT2D eigenvalue weighted by Crippen LogP contribution is 2.37. The van der Waals surface area contributed by atoms with Crippen molar-refractivity contribution in [2.75, 3.05) is 7.11 Å². The number of aromatic hydroxyl groups is 1. The van der Waals surface area contributed by atoms with Crippen LogP contribution in [0.5, 0.6) is 11.6 Å². The Balaban J connectivity index is 2.09. The standard InChI is InChI=1S/C20H24N4O4S/c1-4-5-10-23-19(27)17(18(26)21-20(23)29)14-11-15(24(22-14)12(2)25)13-8-6-7-9-16(13)28-3/h6-9,15,27H,4-5,10-11H2,1-3H3,(H,21,26,29). The molecule has 2 heterocycles. The number of carbonyl (C=O) groups excluding carboxylic acids is 1. The number of para-hydroxylation sites is 1. The van der Waals surface area contributed by atoms with Crippen LogP contribution in [0.4, 0.5) is 0 Å². The van der Waals surface area contributed by atoms with Gasteiger partial charge in [0.05, 0.1) is 18.9 Å². The second-order valence-electron chi connectivity index (χ2n) is 6.84. The van der Waals surface area contributed by atoms with Crippen molar-refractivity contribution < 1.29 is 14.6 Å². The molecule has 0 saturated carbocycles. The minimum atomic E-state index is -0.525. The quantitative estimate of drug-likeness (QED) is 0.705. The SMILES string of the molecule is CCCCn1c(O)c(C2=NN(C(C)=O)C(c3ccccc3OC)C2)c(=O)[nH]c1=S. The lowest BCUT2D eigenvalue weighted by atomic mass is 9.98. The van der Waals surface area contributed by atoms with Crippen LogP contribution in [0.1, 0.15) is 50.3 Å². The molecule has 1 unspecified atom stereocenters. The third kappa shape index (κ3) is 3.95. The third-order valence-corrected chi connectivity index (χ3v) is 5.25. The molecule has 0 saturated heterocycles. The summed E-state index contributed by atoms with van der Waals surface area (Å²) in [5.74, 6) is 0.123. The van der Waals surface area contributed by atoms with Crippen molar-refractivity contribution in [1.82, 2.24) is 14.6 Å². The summed E-state index contributed by atoms with van der Waals surface area (Å²) in [5.41, 5.74) is 0.621. The van der Waals surface area contributed by atoms with Gasteiger partial charge in [0.15, 0.2) is 4.77 Å². The van der Waals surface area contributed by atoms with Crippen LogP contribution in [0.15, 0.2) is 34.2 Å². The van der Waals surface area contributed by atoms with E-state index in [9.17, 15) is 14.7 Å². The molecule has 0 bridgehead atoms. The largest absolute Gasteiger partial charge is 0.496 e. The van der Waals surface area contributed by atoms with Gasteiger partial charge < -0.3 is 9.84 Å². The Kier molecular flexibility index (Phi) is 6.17. The smallest absolute Gasteiger partial charge is 0.264 e. The van der Waals surface area contributed by atoms with E-state index in [-0.39, 0.29) is 28.5 Å². The van der Waals surface area contributed by atoms with E-state index < -0.39 is 11.6 Å². The summed E-state index contributed by atoms with van der Waals surface area (Å²) in [6.07, 6.45) is 1.97. The molecule has 3 rings (SSSR count). The van der Waals surface area contributed by atoms with Crippen LogP contribution in [0.25, 0.3) is 0 Å². The van der Waals surface area contributed by atoms with Gasteiger partial charge in [-0.25, -0.2) is 5.01 Å². The molecule has 1 aliphatic rings. The zero-order chi connectivity index (χ0) is 21.1. The molecule has 1 atom stereocenters. The molecule has 9 heteroatoms. The van der Waals surface area contributed by atoms with Crippen molar-refractivity contribution in [1.29, 1.82) is 0 Å². The normalized spacial score (nSPS) is 16.0. The third-order valence-electron chi connectivity index (χ3n) is 4.93. The fraction of sp³-hybridized carbons (Fsp3) is 0.400. The van der Waals surface area contributed by atoms with Crippen LogP contribution in [-0.4, -0.2) is 38.4 Å². The van der Waals surface area contributed by atoms with Gasteiger partial charge in [-0.05, 0) is 24.7 Å². The van der Waals surface area contributed by atoms with Gasteiger partial charge in [0.2, 0.25) is 11.8 Å². The van der Waals surface area contributed by atoms with Crippen molar-refractivity contribution in [3.63, 3.8) is 0 Å². The van der Waals surface area contributed by atoms with Crippen LogP contribution in [0.3, 0.4) is 0 Å². The maximum Gasteiger partial charge on any atom is 0.264 e. The van der Waals surface area contributed by atoms with Gasteiger partial charge in [-0.15, -0.1) is 0 Å². The van der Waals surface area contributed by atoms with Crippen LogP contribution in [0, 0.1) is 4.77 Å². The highest BCUT2D eigenvalue weighted by atomic mass is 32.1. The summed E-state index contributed by atoms with van der Waals surface area (Å²) in [6, 6.07) is 6.91. The molecule has 154 valence electrons. The summed E-state index contributed by atoms with van der Waals surface area (Å²) in [4.78, 5) is 27.5. The lowest BCUT2D eigenvalue weighted by Crippen LogP contribution is -2.24. The Morgan fingerprint density at radius 3 is 2.79 bits per heavy atom. The van der Waals surface area contributed by atoms with E-state index >= 15 is 0 Å². The van der Waals surface area contributed by atoms with Crippen molar-refractivity contribution >= 4 is 23.8 Å². The molecule has 1 aliphatic heterocycles.